The predicted octanol–water partition coefficient (Wildman–Crippen LogP) is 1.99. The summed E-state index contributed by atoms with van der Waals surface area (Å²) in [5.74, 6) is 1.52. The highest BCUT2D eigenvalue weighted by atomic mass is 16.5. The third kappa shape index (κ3) is 3.44. The number of hydrogen-bond acceptors (Lipinski definition) is 4. The number of methoxy groups -OCH3 is 2. The van der Waals surface area contributed by atoms with Crippen molar-refractivity contribution in [3.05, 3.63) is 23.8 Å². The standard InChI is InChI=1S/C18H26N2O3/c1-20(15-10-13-5-6-14(11-15)19-13)18(21)9-12-4-7-16(22-2)17(8-12)23-3/h4,7-8,13-15,19H,5-6,9-11H2,1-3H3. The zero-order chi connectivity index (χ0) is 16.4. The molecule has 1 amide bonds. The lowest BCUT2D eigenvalue weighted by Gasteiger charge is -2.35. The van der Waals surface area contributed by atoms with E-state index in [-0.39, 0.29) is 5.91 Å². The topological polar surface area (TPSA) is 50.8 Å². The molecule has 2 unspecified atom stereocenters. The third-order valence-electron chi connectivity index (χ3n) is 5.19. The van der Waals surface area contributed by atoms with E-state index in [4.69, 9.17) is 9.47 Å². The van der Waals surface area contributed by atoms with Gasteiger partial charge in [0, 0.05) is 25.2 Å². The van der Waals surface area contributed by atoms with Crippen LogP contribution in [0.5, 0.6) is 11.5 Å². The van der Waals surface area contributed by atoms with Gasteiger partial charge in [-0.25, -0.2) is 0 Å². The van der Waals surface area contributed by atoms with Crippen LogP contribution in [0.3, 0.4) is 0 Å². The molecule has 0 saturated carbocycles. The van der Waals surface area contributed by atoms with Crippen molar-refractivity contribution < 1.29 is 14.3 Å². The van der Waals surface area contributed by atoms with Gasteiger partial charge in [0.05, 0.1) is 20.6 Å². The molecule has 2 aliphatic heterocycles. The molecule has 3 rings (SSSR count). The second-order valence-corrected chi connectivity index (χ2v) is 6.63. The van der Waals surface area contributed by atoms with Crippen molar-refractivity contribution in [2.75, 3.05) is 21.3 Å². The first-order chi connectivity index (χ1) is 11.1. The summed E-state index contributed by atoms with van der Waals surface area (Å²) in [4.78, 5) is 14.6. The van der Waals surface area contributed by atoms with Gasteiger partial charge in [-0.3, -0.25) is 4.79 Å². The Bertz CT molecular complexity index is 563. The average Bonchev–Trinajstić information content (AvgIpc) is 2.91. The molecule has 2 bridgehead atoms. The Morgan fingerprint density at radius 2 is 1.83 bits per heavy atom. The van der Waals surface area contributed by atoms with E-state index in [1.165, 1.54) is 12.8 Å². The van der Waals surface area contributed by atoms with Crippen LogP contribution in [0.2, 0.25) is 0 Å². The van der Waals surface area contributed by atoms with Crippen molar-refractivity contribution in [3.8, 4) is 11.5 Å². The number of hydrogen-bond donors (Lipinski definition) is 1. The van der Waals surface area contributed by atoms with Gasteiger partial charge >= 0.3 is 0 Å². The van der Waals surface area contributed by atoms with Gasteiger partial charge in [0.1, 0.15) is 0 Å². The highest BCUT2D eigenvalue weighted by molar-refractivity contribution is 5.79. The molecule has 5 heteroatoms. The lowest BCUT2D eigenvalue weighted by molar-refractivity contribution is -0.131. The van der Waals surface area contributed by atoms with E-state index in [2.05, 4.69) is 5.32 Å². The number of carbonyl (C=O) groups excluding carboxylic acids is 1. The fraction of sp³-hybridized carbons (Fsp3) is 0.611. The number of carbonyl (C=O) groups is 1. The maximum absolute atomic E-state index is 12.6. The highest BCUT2D eigenvalue weighted by Crippen LogP contribution is 2.30. The number of piperidine rings is 1. The van der Waals surface area contributed by atoms with E-state index in [0.717, 1.165) is 18.4 Å². The molecule has 0 aromatic heterocycles. The number of nitrogens with one attached hydrogen (secondary N) is 1. The average molecular weight is 318 g/mol. The van der Waals surface area contributed by atoms with Gasteiger partial charge in [-0.05, 0) is 43.4 Å². The molecule has 1 aromatic carbocycles. The lowest BCUT2D eigenvalue weighted by Crippen LogP contribution is -2.49. The number of likely N-dealkylation sites (N-methyl/N-ethyl adjacent to an activating group) is 1. The smallest absolute Gasteiger partial charge is 0.226 e. The van der Waals surface area contributed by atoms with E-state index >= 15 is 0 Å². The summed E-state index contributed by atoms with van der Waals surface area (Å²) in [5.41, 5.74) is 0.955. The summed E-state index contributed by atoms with van der Waals surface area (Å²) in [5, 5.41) is 3.62. The molecule has 2 heterocycles. The zero-order valence-corrected chi connectivity index (χ0v) is 14.2. The minimum absolute atomic E-state index is 0.170. The quantitative estimate of drug-likeness (QED) is 0.902. The van der Waals surface area contributed by atoms with Gasteiger partial charge in [-0.1, -0.05) is 6.07 Å². The molecule has 0 spiro atoms. The van der Waals surface area contributed by atoms with Crippen LogP contribution >= 0.6 is 0 Å². The van der Waals surface area contributed by atoms with Gasteiger partial charge in [0.25, 0.3) is 0 Å². The van der Waals surface area contributed by atoms with Crippen LogP contribution in [-0.2, 0) is 11.2 Å². The van der Waals surface area contributed by atoms with Crippen molar-refractivity contribution in [2.24, 2.45) is 0 Å². The van der Waals surface area contributed by atoms with Crippen molar-refractivity contribution in [2.45, 2.75) is 50.2 Å². The minimum atomic E-state index is 0.170. The zero-order valence-electron chi connectivity index (χ0n) is 14.2. The molecule has 1 N–H and O–H groups in total. The van der Waals surface area contributed by atoms with Crippen LogP contribution in [0.4, 0.5) is 0 Å². The first-order valence-corrected chi connectivity index (χ1v) is 8.33. The molecule has 2 saturated heterocycles. The van der Waals surface area contributed by atoms with Crippen LogP contribution in [0.15, 0.2) is 18.2 Å². The SMILES string of the molecule is COc1ccc(CC(=O)N(C)C2CC3CCC(C2)N3)cc1OC. The van der Waals surface area contributed by atoms with Crippen LogP contribution < -0.4 is 14.8 Å². The Morgan fingerprint density at radius 1 is 1.17 bits per heavy atom. The van der Waals surface area contributed by atoms with Crippen molar-refractivity contribution in [1.29, 1.82) is 0 Å². The molecular formula is C18H26N2O3. The van der Waals surface area contributed by atoms with Gasteiger partial charge in [0.15, 0.2) is 11.5 Å². The van der Waals surface area contributed by atoms with E-state index in [1.807, 2.05) is 30.1 Å². The van der Waals surface area contributed by atoms with E-state index in [1.54, 1.807) is 14.2 Å². The fourth-order valence-corrected chi connectivity index (χ4v) is 3.84. The van der Waals surface area contributed by atoms with Crippen molar-refractivity contribution >= 4 is 5.91 Å². The Balaban J connectivity index is 1.64. The van der Waals surface area contributed by atoms with Crippen LogP contribution in [0, 0.1) is 0 Å². The molecule has 0 aliphatic carbocycles. The second-order valence-electron chi connectivity index (χ2n) is 6.63. The molecular weight excluding hydrogens is 292 g/mol. The number of amides is 1. The first kappa shape index (κ1) is 16.1. The Kier molecular flexibility index (Phi) is 4.76. The molecule has 23 heavy (non-hydrogen) atoms. The van der Waals surface area contributed by atoms with Crippen LogP contribution in [0.25, 0.3) is 0 Å². The van der Waals surface area contributed by atoms with E-state index < -0.39 is 0 Å². The third-order valence-corrected chi connectivity index (χ3v) is 5.19. The van der Waals surface area contributed by atoms with Crippen LogP contribution in [-0.4, -0.2) is 50.2 Å². The van der Waals surface area contributed by atoms with E-state index in [9.17, 15) is 4.79 Å². The molecule has 1 aromatic rings. The molecule has 2 fully saturated rings. The summed E-state index contributed by atoms with van der Waals surface area (Å²) in [6.07, 6.45) is 5.04. The van der Waals surface area contributed by atoms with E-state index in [0.29, 0.717) is 36.0 Å². The number of rotatable bonds is 5. The maximum atomic E-state index is 12.6. The van der Waals surface area contributed by atoms with Crippen LogP contribution in [0.1, 0.15) is 31.2 Å². The lowest BCUT2D eigenvalue weighted by atomic mass is 9.98. The summed E-state index contributed by atoms with van der Waals surface area (Å²) in [6, 6.07) is 7.22. The largest absolute Gasteiger partial charge is 0.493 e. The number of fused-ring (bicyclic) bond motifs is 2. The fourth-order valence-electron chi connectivity index (χ4n) is 3.84. The maximum Gasteiger partial charge on any atom is 0.226 e. The predicted molar refractivity (Wildman–Crippen MR) is 89.0 cm³/mol. The molecule has 2 aliphatic rings. The highest BCUT2D eigenvalue weighted by Gasteiger charge is 2.36. The molecule has 2 atom stereocenters. The van der Waals surface area contributed by atoms with Gasteiger partial charge in [-0.2, -0.15) is 0 Å². The monoisotopic (exact) mass is 318 g/mol. The Labute approximate surface area is 137 Å². The van der Waals surface area contributed by atoms with Gasteiger partial charge in [0.2, 0.25) is 5.91 Å². The summed E-state index contributed by atoms with van der Waals surface area (Å²) < 4.78 is 10.6. The normalized spacial score (nSPS) is 26.0. The minimum Gasteiger partial charge on any atom is -0.493 e. The Hall–Kier alpha value is -1.75. The molecule has 5 nitrogen and oxygen atoms in total. The van der Waals surface area contributed by atoms with Gasteiger partial charge in [-0.15, -0.1) is 0 Å². The number of nitrogens with zero attached hydrogens (tertiary/aromatic N) is 1. The van der Waals surface area contributed by atoms with Crippen molar-refractivity contribution in [1.82, 2.24) is 10.2 Å². The van der Waals surface area contributed by atoms with Gasteiger partial charge < -0.3 is 19.7 Å². The summed E-state index contributed by atoms with van der Waals surface area (Å²) in [7, 11) is 5.17. The number of benzene rings is 1. The first-order valence-electron chi connectivity index (χ1n) is 8.33. The molecule has 126 valence electrons. The number of ether oxygens (including phenoxy) is 2. The summed E-state index contributed by atoms with van der Waals surface area (Å²) in [6.45, 7) is 0. The molecule has 0 radical (unpaired) electrons. The van der Waals surface area contributed by atoms with Crippen molar-refractivity contribution in [3.63, 3.8) is 0 Å². The Morgan fingerprint density at radius 3 is 2.43 bits per heavy atom. The summed E-state index contributed by atoms with van der Waals surface area (Å²) >= 11 is 0. The second kappa shape index (κ2) is 6.79.